The predicted octanol–water partition coefficient (Wildman–Crippen LogP) is 1.87. The molecule has 1 aliphatic rings. The van der Waals surface area contributed by atoms with Gasteiger partial charge in [0, 0.05) is 13.5 Å². The molecule has 2 atom stereocenters. The van der Waals surface area contributed by atoms with Gasteiger partial charge in [-0.2, -0.15) is 0 Å². The molecule has 5 heteroatoms. The van der Waals surface area contributed by atoms with Gasteiger partial charge in [0.1, 0.15) is 6.61 Å². The highest BCUT2D eigenvalue weighted by Gasteiger charge is 2.22. The topological polar surface area (TPSA) is 61.8 Å². The molecule has 0 aliphatic heterocycles. The molecule has 1 fully saturated rings. The van der Waals surface area contributed by atoms with Crippen molar-refractivity contribution in [3.63, 3.8) is 0 Å². The van der Waals surface area contributed by atoms with Crippen molar-refractivity contribution >= 4 is 11.8 Å². The maximum atomic E-state index is 11.6. The van der Waals surface area contributed by atoms with E-state index >= 15 is 0 Å². The molecule has 1 saturated carbocycles. The number of rotatable bonds is 8. The van der Waals surface area contributed by atoms with E-state index in [-0.39, 0.29) is 43.4 Å². The molecule has 2 unspecified atom stereocenters. The zero-order valence-corrected chi connectivity index (χ0v) is 11.9. The average molecular weight is 272 g/mol. The molecule has 0 heterocycles. The Labute approximate surface area is 114 Å². The third-order valence-corrected chi connectivity index (χ3v) is 3.30. The lowest BCUT2D eigenvalue weighted by atomic mass is 9.95. The Balaban J connectivity index is 2.14. The van der Waals surface area contributed by atoms with E-state index < -0.39 is 0 Å². The van der Waals surface area contributed by atoms with Crippen molar-refractivity contribution in [2.45, 2.75) is 57.7 Å². The van der Waals surface area contributed by atoms with Crippen molar-refractivity contribution in [2.75, 3.05) is 20.3 Å². The number of carbonyl (C=O) groups is 2. The molecule has 110 valence electrons. The van der Waals surface area contributed by atoms with Crippen LogP contribution in [0.4, 0.5) is 0 Å². The first-order valence-corrected chi connectivity index (χ1v) is 6.97. The predicted molar refractivity (Wildman–Crippen MR) is 69.9 cm³/mol. The van der Waals surface area contributed by atoms with Gasteiger partial charge < -0.3 is 14.2 Å². The summed E-state index contributed by atoms with van der Waals surface area (Å²) in [7, 11) is 1.71. The van der Waals surface area contributed by atoms with Crippen LogP contribution in [-0.2, 0) is 23.8 Å². The summed E-state index contributed by atoms with van der Waals surface area (Å²) in [6, 6.07) is 0. The Morgan fingerprint density at radius 3 is 2.58 bits per heavy atom. The van der Waals surface area contributed by atoms with Gasteiger partial charge in [0.2, 0.25) is 0 Å². The standard InChI is InChI=1S/C14H24O5/c1-3-18-14(16)8-7-11(15)10-19-13-6-4-5-12(9-13)17-2/h12-13H,3-10H2,1-2H3. The SMILES string of the molecule is CCOC(=O)CCC(=O)COC1CCCC(OC)C1. The summed E-state index contributed by atoms with van der Waals surface area (Å²) in [6.45, 7) is 2.18. The zero-order chi connectivity index (χ0) is 14.1. The van der Waals surface area contributed by atoms with Gasteiger partial charge >= 0.3 is 5.97 Å². The van der Waals surface area contributed by atoms with Gasteiger partial charge in [-0.3, -0.25) is 9.59 Å². The van der Waals surface area contributed by atoms with E-state index in [4.69, 9.17) is 14.2 Å². The fourth-order valence-electron chi connectivity index (χ4n) is 2.23. The Morgan fingerprint density at radius 1 is 1.16 bits per heavy atom. The highest BCUT2D eigenvalue weighted by Crippen LogP contribution is 2.23. The second-order valence-electron chi connectivity index (χ2n) is 4.80. The number of esters is 1. The average Bonchev–Trinajstić information content (AvgIpc) is 2.43. The van der Waals surface area contributed by atoms with Crippen molar-refractivity contribution in [3.05, 3.63) is 0 Å². The Bertz CT molecular complexity index is 290. The summed E-state index contributed by atoms with van der Waals surface area (Å²) in [6.07, 6.45) is 4.64. The minimum Gasteiger partial charge on any atom is -0.466 e. The second-order valence-corrected chi connectivity index (χ2v) is 4.80. The molecular weight excluding hydrogens is 248 g/mol. The fourth-order valence-corrected chi connectivity index (χ4v) is 2.23. The molecule has 5 nitrogen and oxygen atoms in total. The van der Waals surface area contributed by atoms with Gasteiger partial charge in [-0.05, 0) is 32.6 Å². The number of ketones is 1. The zero-order valence-electron chi connectivity index (χ0n) is 11.9. The third kappa shape index (κ3) is 6.68. The quantitative estimate of drug-likeness (QED) is 0.631. The van der Waals surface area contributed by atoms with Crippen molar-refractivity contribution in [1.82, 2.24) is 0 Å². The van der Waals surface area contributed by atoms with Gasteiger partial charge in [-0.15, -0.1) is 0 Å². The highest BCUT2D eigenvalue weighted by molar-refractivity contribution is 5.83. The third-order valence-electron chi connectivity index (χ3n) is 3.30. The molecule has 0 N–H and O–H groups in total. The van der Waals surface area contributed by atoms with Crippen LogP contribution in [0.25, 0.3) is 0 Å². The van der Waals surface area contributed by atoms with E-state index in [2.05, 4.69) is 0 Å². The number of hydrogen-bond acceptors (Lipinski definition) is 5. The summed E-state index contributed by atoms with van der Waals surface area (Å²) in [5.41, 5.74) is 0. The molecule has 0 amide bonds. The van der Waals surface area contributed by atoms with Gasteiger partial charge in [0.15, 0.2) is 5.78 Å². The lowest BCUT2D eigenvalue weighted by molar-refractivity contribution is -0.144. The van der Waals surface area contributed by atoms with Gasteiger partial charge in [0.25, 0.3) is 0 Å². The van der Waals surface area contributed by atoms with Crippen molar-refractivity contribution < 1.29 is 23.8 Å². The van der Waals surface area contributed by atoms with Crippen LogP contribution in [0.2, 0.25) is 0 Å². The van der Waals surface area contributed by atoms with Crippen LogP contribution < -0.4 is 0 Å². The first-order valence-electron chi connectivity index (χ1n) is 6.97. The first kappa shape index (κ1) is 16.1. The van der Waals surface area contributed by atoms with Crippen molar-refractivity contribution in [2.24, 2.45) is 0 Å². The molecule has 0 aromatic heterocycles. The molecule has 0 aromatic rings. The van der Waals surface area contributed by atoms with Crippen LogP contribution in [0.5, 0.6) is 0 Å². The van der Waals surface area contributed by atoms with E-state index in [1.54, 1.807) is 14.0 Å². The maximum Gasteiger partial charge on any atom is 0.306 e. The summed E-state index contributed by atoms with van der Waals surface area (Å²) >= 11 is 0. The molecule has 0 bridgehead atoms. The van der Waals surface area contributed by atoms with E-state index in [9.17, 15) is 9.59 Å². The minimum absolute atomic E-state index is 0.0485. The minimum atomic E-state index is -0.326. The number of methoxy groups -OCH3 is 1. The monoisotopic (exact) mass is 272 g/mol. The summed E-state index contributed by atoms with van der Waals surface area (Å²) in [4.78, 5) is 22.7. The summed E-state index contributed by atoms with van der Waals surface area (Å²) in [5.74, 6) is -0.374. The molecule has 1 rings (SSSR count). The molecular formula is C14H24O5. The van der Waals surface area contributed by atoms with E-state index in [1.165, 1.54) is 0 Å². The Hall–Kier alpha value is -0.940. The molecule has 0 radical (unpaired) electrons. The van der Waals surface area contributed by atoms with Gasteiger partial charge in [0.05, 0.1) is 25.2 Å². The second kappa shape index (κ2) is 9.04. The smallest absolute Gasteiger partial charge is 0.306 e. The largest absolute Gasteiger partial charge is 0.466 e. The van der Waals surface area contributed by atoms with Crippen LogP contribution >= 0.6 is 0 Å². The summed E-state index contributed by atoms with van der Waals surface area (Å²) < 4.78 is 15.7. The van der Waals surface area contributed by atoms with Crippen molar-refractivity contribution in [3.8, 4) is 0 Å². The lowest BCUT2D eigenvalue weighted by Crippen LogP contribution is -2.29. The normalized spacial score (nSPS) is 23.1. The number of carbonyl (C=O) groups excluding carboxylic acids is 2. The molecule has 19 heavy (non-hydrogen) atoms. The molecule has 0 saturated heterocycles. The van der Waals surface area contributed by atoms with Crippen LogP contribution in [-0.4, -0.2) is 44.3 Å². The lowest BCUT2D eigenvalue weighted by Gasteiger charge is -2.27. The van der Waals surface area contributed by atoms with Crippen LogP contribution in [0.1, 0.15) is 45.4 Å². The number of Topliss-reactive ketones (excluding diaryl/α,β-unsaturated/α-hetero) is 1. The van der Waals surface area contributed by atoms with E-state index in [0.29, 0.717) is 6.61 Å². The number of ether oxygens (including phenoxy) is 3. The molecule has 1 aliphatic carbocycles. The molecule has 0 spiro atoms. The number of hydrogen-bond donors (Lipinski definition) is 0. The Kier molecular flexibility index (Phi) is 7.67. The van der Waals surface area contributed by atoms with Crippen molar-refractivity contribution in [1.29, 1.82) is 0 Å². The fraction of sp³-hybridized carbons (Fsp3) is 0.857. The first-order chi connectivity index (χ1) is 9.15. The Morgan fingerprint density at radius 2 is 1.89 bits per heavy atom. The van der Waals surface area contributed by atoms with Gasteiger partial charge in [-0.25, -0.2) is 0 Å². The molecule has 0 aromatic carbocycles. The highest BCUT2D eigenvalue weighted by atomic mass is 16.5. The maximum absolute atomic E-state index is 11.6. The summed E-state index contributed by atoms with van der Waals surface area (Å²) in [5, 5.41) is 0. The van der Waals surface area contributed by atoms with Crippen LogP contribution in [0, 0.1) is 0 Å². The van der Waals surface area contributed by atoms with Gasteiger partial charge in [-0.1, -0.05) is 0 Å². The van der Waals surface area contributed by atoms with Crippen LogP contribution in [0.3, 0.4) is 0 Å². The van der Waals surface area contributed by atoms with E-state index in [0.717, 1.165) is 25.7 Å². The van der Waals surface area contributed by atoms with Crippen LogP contribution in [0.15, 0.2) is 0 Å². The van der Waals surface area contributed by atoms with E-state index in [1.807, 2.05) is 0 Å².